The van der Waals surface area contributed by atoms with Crippen molar-refractivity contribution in [3.05, 3.63) is 58.7 Å². The van der Waals surface area contributed by atoms with Crippen LogP contribution >= 0.6 is 11.6 Å². The molecule has 0 saturated heterocycles. The van der Waals surface area contributed by atoms with Gasteiger partial charge in [-0.15, -0.1) is 5.11 Å². The van der Waals surface area contributed by atoms with Gasteiger partial charge in [0.05, 0.1) is 16.7 Å². The van der Waals surface area contributed by atoms with Crippen LogP contribution in [0.4, 0.5) is 0 Å². The highest BCUT2D eigenvalue weighted by Crippen LogP contribution is 2.34. The summed E-state index contributed by atoms with van der Waals surface area (Å²) in [5.74, 6) is 0. The van der Waals surface area contributed by atoms with Crippen molar-refractivity contribution in [2.75, 3.05) is 5.01 Å². The molecule has 2 aliphatic rings. The Kier molecular flexibility index (Phi) is 4.27. The van der Waals surface area contributed by atoms with Crippen LogP contribution in [0.1, 0.15) is 39.2 Å². The van der Waals surface area contributed by atoms with Gasteiger partial charge in [-0.2, -0.15) is 0 Å². The Bertz CT molecular complexity index is 935. The summed E-state index contributed by atoms with van der Waals surface area (Å²) in [6, 6.07) is 6.79. The molecule has 1 aromatic heterocycles. The molecule has 0 spiro atoms. The van der Waals surface area contributed by atoms with Crippen molar-refractivity contribution in [3.63, 3.8) is 0 Å². The quantitative estimate of drug-likeness (QED) is 0.709. The molecule has 0 saturated carbocycles. The molecule has 0 radical (unpaired) electrons. The lowest BCUT2D eigenvalue weighted by Gasteiger charge is -2.33. The average Bonchev–Trinajstić information content (AvgIpc) is 3.20. The van der Waals surface area contributed by atoms with E-state index in [0.717, 1.165) is 45.7 Å². The van der Waals surface area contributed by atoms with E-state index in [4.69, 9.17) is 11.6 Å². The van der Waals surface area contributed by atoms with Crippen LogP contribution in [0.15, 0.2) is 58.4 Å². The minimum absolute atomic E-state index is 0.121. The zero-order valence-electron chi connectivity index (χ0n) is 15.6. The monoisotopic (exact) mass is 369 g/mol. The number of hydrogen-bond donors (Lipinski definition) is 0. The van der Waals surface area contributed by atoms with Crippen molar-refractivity contribution in [2.45, 2.75) is 52.6 Å². The Balaban J connectivity index is 1.74. The van der Waals surface area contributed by atoms with Gasteiger partial charge >= 0.3 is 0 Å². The van der Waals surface area contributed by atoms with Gasteiger partial charge in [0.15, 0.2) is 0 Å². The van der Waals surface area contributed by atoms with Crippen LogP contribution in [0.5, 0.6) is 0 Å². The van der Waals surface area contributed by atoms with Gasteiger partial charge in [-0.1, -0.05) is 30.7 Å². The maximum absolute atomic E-state index is 6.55. The molecule has 0 fully saturated rings. The van der Waals surface area contributed by atoms with Gasteiger partial charge in [0.1, 0.15) is 11.7 Å². The first-order valence-corrected chi connectivity index (χ1v) is 9.58. The molecule has 3 heterocycles. The summed E-state index contributed by atoms with van der Waals surface area (Å²) in [6.45, 7) is 8.58. The smallest absolute Gasteiger partial charge is 0.115 e. The van der Waals surface area contributed by atoms with Crippen molar-refractivity contribution in [2.24, 2.45) is 10.3 Å². The topological polar surface area (TPSA) is 36.1 Å². The molecule has 1 atom stereocenters. The van der Waals surface area contributed by atoms with Gasteiger partial charge in [0.25, 0.3) is 0 Å². The molecule has 0 amide bonds. The molecule has 136 valence electrons. The maximum atomic E-state index is 6.55. The van der Waals surface area contributed by atoms with E-state index in [0.29, 0.717) is 6.04 Å². The Morgan fingerprint density at radius 3 is 2.69 bits per heavy atom. The molecule has 5 nitrogen and oxygen atoms in total. The molecule has 6 heteroatoms. The second-order valence-electron chi connectivity index (χ2n) is 7.04. The molecular formula is C20H24ClN5. The highest BCUT2D eigenvalue weighted by atomic mass is 35.5. The highest BCUT2D eigenvalue weighted by Gasteiger charge is 2.34. The first-order chi connectivity index (χ1) is 12.5. The third-order valence-corrected chi connectivity index (χ3v) is 5.56. The highest BCUT2D eigenvalue weighted by molar-refractivity contribution is 6.35. The predicted octanol–water partition coefficient (Wildman–Crippen LogP) is 5.54. The Hall–Kier alpha value is -2.27. The fourth-order valence-electron chi connectivity index (χ4n) is 3.88. The molecule has 2 aliphatic heterocycles. The van der Waals surface area contributed by atoms with Crippen molar-refractivity contribution >= 4 is 22.5 Å². The van der Waals surface area contributed by atoms with Gasteiger partial charge in [0.2, 0.25) is 0 Å². The number of halogens is 1. The normalized spacial score (nSPS) is 19.4. The third kappa shape index (κ3) is 2.62. The average molecular weight is 370 g/mol. The standard InChI is InChI=1S/C20H24ClN5/c1-5-16(6-2)26-19-11-14(4)25(12-18(19)22-23-26)24-8-7-15-9-13(3)10-17(21)20(15)24/h7-12,16,19H,5-6H2,1-4H3. The van der Waals surface area contributed by atoms with E-state index >= 15 is 0 Å². The second-order valence-corrected chi connectivity index (χ2v) is 7.44. The van der Waals surface area contributed by atoms with Crippen molar-refractivity contribution in [1.29, 1.82) is 0 Å². The summed E-state index contributed by atoms with van der Waals surface area (Å²) < 4.78 is 2.08. The van der Waals surface area contributed by atoms with E-state index < -0.39 is 0 Å². The Morgan fingerprint density at radius 1 is 1.19 bits per heavy atom. The number of benzene rings is 1. The number of aryl methyl sites for hydroxylation is 1. The Labute approximate surface area is 159 Å². The van der Waals surface area contributed by atoms with Crippen LogP contribution in [-0.4, -0.2) is 21.8 Å². The first kappa shape index (κ1) is 17.2. The van der Waals surface area contributed by atoms with E-state index in [1.54, 1.807) is 0 Å². The number of nitrogens with zero attached hydrogens (tertiary/aromatic N) is 5. The second kappa shape index (κ2) is 6.47. The minimum Gasteiger partial charge on any atom is -0.262 e. The molecule has 1 unspecified atom stereocenters. The van der Waals surface area contributed by atoms with Crippen molar-refractivity contribution < 1.29 is 0 Å². The number of aromatic nitrogens is 1. The third-order valence-electron chi connectivity index (χ3n) is 5.28. The van der Waals surface area contributed by atoms with Gasteiger partial charge < -0.3 is 0 Å². The number of fused-ring (bicyclic) bond motifs is 2. The SMILES string of the molecule is CCC(CC)N1N=NC2=CN(n3ccc4cc(C)cc(Cl)c43)C(C)=CC21. The van der Waals surface area contributed by atoms with Crippen LogP contribution in [0.2, 0.25) is 5.02 Å². The number of allylic oxidation sites excluding steroid dienone is 1. The largest absolute Gasteiger partial charge is 0.262 e. The number of hydrogen-bond acceptors (Lipinski definition) is 4. The van der Waals surface area contributed by atoms with E-state index in [9.17, 15) is 0 Å². The van der Waals surface area contributed by atoms with Gasteiger partial charge in [0, 0.05) is 23.3 Å². The van der Waals surface area contributed by atoms with Crippen LogP contribution in [0.25, 0.3) is 10.9 Å². The minimum atomic E-state index is 0.121. The zero-order valence-corrected chi connectivity index (χ0v) is 16.4. The molecule has 0 bridgehead atoms. The zero-order chi connectivity index (χ0) is 18.4. The Morgan fingerprint density at radius 2 is 1.96 bits per heavy atom. The molecule has 4 rings (SSSR count). The van der Waals surface area contributed by atoms with E-state index in [1.807, 2.05) is 6.07 Å². The molecule has 2 aromatic rings. The van der Waals surface area contributed by atoms with Gasteiger partial charge in [-0.05, 0) is 56.5 Å². The maximum Gasteiger partial charge on any atom is 0.115 e. The van der Waals surface area contributed by atoms with Crippen LogP contribution in [0.3, 0.4) is 0 Å². The fraction of sp³-hybridized carbons (Fsp3) is 0.400. The van der Waals surface area contributed by atoms with Crippen molar-refractivity contribution in [1.82, 2.24) is 9.69 Å². The predicted molar refractivity (Wildman–Crippen MR) is 107 cm³/mol. The lowest BCUT2D eigenvalue weighted by atomic mass is 10.1. The van der Waals surface area contributed by atoms with E-state index in [1.165, 1.54) is 0 Å². The van der Waals surface area contributed by atoms with Crippen LogP contribution < -0.4 is 5.01 Å². The lowest BCUT2D eigenvalue weighted by molar-refractivity contribution is 0.184. The summed E-state index contributed by atoms with van der Waals surface area (Å²) in [4.78, 5) is 0. The van der Waals surface area contributed by atoms with Crippen LogP contribution in [0, 0.1) is 6.92 Å². The van der Waals surface area contributed by atoms with Crippen LogP contribution in [-0.2, 0) is 0 Å². The van der Waals surface area contributed by atoms with E-state index in [2.05, 4.69) is 83.3 Å². The van der Waals surface area contributed by atoms with Crippen molar-refractivity contribution in [3.8, 4) is 0 Å². The lowest BCUT2D eigenvalue weighted by Crippen LogP contribution is -2.40. The summed E-state index contributed by atoms with van der Waals surface area (Å²) >= 11 is 6.55. The fourth-order valence-corrected chi connectivity index (χ4v) is 4.25. The van der Waals surface area contributed by atoms with E-state index in [-0.39, 0.29) is 6.04 Å². The number of rotatable bonds is 4. The molecule has 0 aliphatic carbocycles. The summed E-state index contributed by atoms with van der Waals surface area (Å²) in [5.41, 5.74) is 4.27. The molecule has 26 heavy (non-hydrogen) atoms. The molecular weight excluding hydrogens is 346 g/mol. The van der Waals surface area contributed by atoms with Gasteiger partial charge in [-0.3, -0.25) is 14.7 Å². The first-order valence-electron chi connectivity index (χ1n) is 9.20. The molecule has 1 aromatic carbocycles. The summed E-state index contributed by atoms with van der Waals surface area (Å²) in [5, 5.41) is 15.0. The molecule has 0 N–H and O–H groups in total. The summed E-state index contributed by atoms with van der Waals surface area (Å²) in [6.07, 6.45) is 8.48. The summed E-state index contributed by atoms with van der Waals surface area (Å²) in [7, 11) is 0. The van der Waals surface area contributed by atoms with Gasteiger partial charge in [-0.25, -0.2) is 0 Å².